The van der Waals surface area contributed by atoms with E-state index in [1.165, 1.54) is 24.1 Å². The quantitative estimate of drug-likeness (QED) is 0.674. The predicted molar refractivity (Wildman–Crippen MR) is 63.0 cm³/mol. The zero-order valence-electron chi connectivity index (χ0n) is 8.51. The maximum Gasteiger partial charge on any atom is 0.317 e. The number of benzene rings is 1. The van der Waals surface area contributed by atoms with Crippen molar-refractivity contribution in [2.45, 2.75) is 6.54 Å². The molecule has 0 atom stereocenters. The molecule has 0 saturated carbocycles. The molecule has 0 amide bonds. The van der Waals surface area contributed by atoms with Gasteiger partial charge in [-0.1, -0.05) is 0 Å². The molecule has 0 heterocycles. The lowest BCUT2D eigenvalue weighted by molar-refractivity contribution is -0.138. The van der Waals surface area contributed by atoms with E-state index >= 15 is 0 Å². The monoisotopic (exact) mass is 341 g/mol. The number of aliphatic carboxylic acids is 1. The van der Waals surface area contributed by atoms with E-state index in [-0.39, 0.29) is 18.7 Å². The molecule has 0 fully saturated rings. The normalized spacial score (nSPS) is 10.8. The topological polar surface area (TPSA) is 40.5 Å². The Bertz CT molecular complexity index is 412. The summed E-state index contributed by atoms with van der Waals surface area (Å²) in [4.78, 5) is 11.7. The van der Waals surface area contributed by atoms with Crippen LogP contribution in [-0.4, -0.2) is 29.6 Å². The van der Waals surface area contributed by atoms with Crippen molar-refractivity contribution in [2.75, 3.05) is 13.6 Å². The van der Waals surface area contributed by atoms with Gasteiger partial charge < -0.3 is 5.11 Å². The molecule has 0 spiro atoms. The van der Waals surface area contributed by atoms with E-state index in [1.807, 2.05) is 0 Å². The van der Waals surface area contributed by atoms with Crippen LogP contribution in [0.5, 0.6) is 0 Å². The van der Waals surface area contributed by atoms with Gasteiger partial charge in [-0.25, -0.2) is 8.78 Å². The molecule has 0 aliphatic rings. The van der Waals surface area contributed by atoms with Crippen LogP contribution in [0.2, 0.25) is 0 Å². The van der Waals surface area contributed by atoms with Crippen LogP contribution >= 0.6 is 22.6 Å². The van der Waals surface area contributed by atoms with Gasteiger partial charge in [-0.15, -0.1) is 0 Å². The maximum atomic E-state index is 13.5. The van der Waals surface area contributed by atoms with E-state index in [0.29, 0.717) is 3.57 Å². The number of hydrogen-bond donors (Lipinski definition) is 1. The average molecular weight is 341 g/mol. The van der Waals surface area contributed by atoms with Crippen LogP contribution in [0.25, 0.3) is 0 Å². The summed E-state index contributed by atoms with van der Waals surface area (Å²) in [5.74, 6) is -2.32. The number of halogens is 3. The Labute approximate surface area is 105 Å². The maximum absolute atomic E-state index is 13.5. The zero-order valence-corrected chi connectivity index (χ0v) is 10.7. The Morgan fingerprint density at radius 1 is 1.50 bits per heavy atom. The summed E-state index contributed by atoms with van der Waals surface area (Å²) >= 11 is 1.76. The third-order valence-corrected chi connectivity index (χ3v) is 2.81. The second-order valence-corrected chi connectivity index (χ2v) is 4.55. The molecule has 1 aromatic rings. The third kappa shape index (κ3) is 3.38. The molecule has 0 saturated heterocycles. The smallest absolute Gasteiger partial charge is 0.317 e. The number of carboxylic acid groups (broad SMARTS) is 1. The highest BCUT2D eigenvalue weighted by Crippen LogP contribution is 2.19. The predicted octanol–water partition coefficient (Wildman–Crippen LogP) is 2.09. The van der Waals surface area contributed by atoms with Crippen molar-refractivity contribution >= 4 is 28.6 Å². The Morgan fingerprint density at radius 3 is 2.69 bits per heavy atom. The second-order valence-electron chi connectivity index (χ2n) is 3.39. The minimum Gasteiger partial charge on any atom is -0.480 e. The number of likely N-dealkylation sites (N-methyl/N-ethyl adjacent to an activating group) is 1. The summed E-state index contributed by atoms with van der Waals surface area (Å²) in [6.45, 7) is -0.328. The molecular formula is C10H10F2INO2. The second kappa shape index (κ2) is 5.53. The number of carboxylic acids is 1. The van der Waals surface area contributed by atoms with Gasteiger partial charge in [0.1, 0.15) is 11.6 Å². The summed E-state index contributed by atoms with van der Waals surface area (Å²) in [5, 5.41) is 8.52. The molecule has 1 aromatic carbocycles. The summed E-state index contributed by atoms with van der Waals surface area (Å²) in [5.41, 5.74) is -0.101. The first-order valence-electron chi connectivity index (χ1n) is 4.44. The molecule has 88 valence electrons. The number of carbonyl (C=O) groups is 1. The van der Waals surface area contributed by atoms with Crippen molar-refractivity contribution in [1.29, 1.82) is 0 Å². The summed E-state index contributed by atoms with van der Waals surface area (Å²) in [6, 6.07) is 2.51. The first kappa shape index (κ1) is 13.3. The molecule has 16 heavy (non-hydrogen) atoms. The molecule has 6 heteroatoms. The number of hydrogen-bond acceptors (Lipinski definition) is 2. The fraction of sp³-hybridized carbons (Fsp3) is 0.300. The molecule has 0 unspecified atom stereocenters. The molecule has 0 radical (unpaired) electrons. The summed E-state index contributed by atoms with van der Waals surface area (Å²) in [6.07, 6.45) is 0. The molecule has 0 aromatic heterocycles. The van der Waals surface area contributed by atoms with Crippen LogP contribution in [0.1, 0.15) is 5.56 Å². The minimum absolute atomic E-state index is 0.0686. The minimum atomic E-state index is -1.03. The van der Waals surface area contributed by atoms with E-state index in [2.05, 4.69) is 0 Å². The zero-order chi connectivity index (χ0) is 12.3. The lowest BCUT2D eigenvalue weighted by atomic mass is 10.2. The first-order valence-corrected chi connectivity index (χ1v) is 5.52. The third-order valence-electron chi connectivity index (χ3n) is 1.97. The molecule has 1 N–H and O–H groups in total. The SMILES string of the molecule is CN(CC(=O)O)Cc1c(F)ccc(I)c1F. The van der Waals surface area contributed by atoms with E-state index < -0.39 is 17.6 Å². The fourth-order valence-electron chi connectivity index (χ4n) is 1.27. The van der Waals surface area contributed by atoms with Crippen molar-refractivity contribution in [2.24, 2.45) is 0 Å². The van der Waals surface area contributed by atoms with Crippen molar-refractivity contribution < 1.29 is 18.7 Å². The molecule has 0 aliphatic carbocycles. The highest BCUT2D eigenvalue weighted by atomic mass is 127. The van der Waals surface area contributed by atoms with Crippen LogP contribution in [-0.2, 0) is 11.3 Å². The molecule has 0 aliphatic heterocycles. The summed E-state index contributed by atoms with van der Waals surface area (Å²) in [7, 11) is 1.49. The van der Waals surface area contributed by atoms with Gasteiger partial charge in [-0.05, 0) is 41.8 Å². The van der Waals surface area contributed by atoms with Crippen LogP contribution in [0.4, 0.5) is 8.78 Å². The Kier molecular flexibility index (Phi) is 4.60. The van der Waals surface area contributed by atoms with Crippen molar-refractivity contribution in [3.05, 3.63) is 32.9 Å². The highest BCUT2D eigenvalue weighted by molar-refractivity contribution is 14.1. The van der Waals surface area contributed by atoms with Gasteiger partial charge in [0.15, 0.2) is 0 Å². The molecule has 1 rings (SSSR count). The lowest BCUT2D eigenvalue weighted by Crippen LogP contribution is -2.26. The van der Waals surface area contributed by atoms with Crippen LogP contribution in [0.3, 0.4) is 0 Å². The highest BCUT2D eigenvalue weighted by Gasteiger charge is 2.15. The van der Waals surface area contributed by atoms with Crippen molar-refractivity contribution in [3.63, 3.8) is 0 Å². The Hall–Kier alpha value is -0.760. The Morgan fingerprint density at radius 2 is 2.12 bits per heavy atom. The fourth-order valence-corrected chi connectivity index (χ4v) is 1.78. The van der Waals surface area contributed by atoms with Crippen LogP contribution in [0.15, 0.2) is 12.1 Å². The van der Waals surface area contributed by atoms with E-state index in [0.717, 1.165) is 0 Å². The standard InChI is InChI=1S/C10H10F2INO2/c1-14(5-9(15)16)4-6-7(11)2-3-8(13)10(6)12/h2-3H,4-5H2,1H3,(H,15,16). The lowest BCUT2D eigenvalue weighted by Gasteiger charge is -2.15. The van der Waals surface area contributed by atoms with Gasteiger partial charge in [0.25, 0.3) is 0 Å². The van der Waals surface area contributed by atoms with Crippen molar-refractivity contribution in [1.82, 2.24) is 4.90 Å². The van der Waals surface area contributed by atoms with Gasteiger partial charge in [0.2, 0.25) is 0 Å². The largest absolute Gasteiger partial charge is 0.480 e. The number of nitrogens with zero attached hydrogens (tertiary/aromatic N) is 1. The number of rotatable bonds is 4. The van der Waals surface area contributed by atoms with E-state index in [4.69, 9.17) is 5.11 Å². The van der Waals surface area contributed by atoms with E-state index in [1.54, 1.807) is 22.6 Å². The van der Waals surface area contributed by atoms with Gasteiger partial charge in [0.05, 0.1) is 6.54 Å². The first-order chi connectivity index (χ1) is 7.41. The summed E-state index contributed by atoms with van der Waals surface area (Å²) < 4.78 is 27.2. The average Bonchev–Trinajstić information content (AvgIpc) is 2.17. The van der Waals surface area contributed by atoms with Gasteiger partial charge in [-0.3, -0.25) is 9.69 Å². The van der Waals surface area contributed by atoms with Gasteiger partial charge in [0, 0.05) is 15.7 Å². The molecular weight excluding hydrogens is 331 g/mol. The molecule has 0 bridgehead atoms. The van der Waals surface area contributed by atoms with Gasteiger partial charge >= 0.3 is 5.97 Å². The van der Waals surface area contributed by atoms with Crippen LogP contribution in [0, 0.1) is 15.2 Å². The van der Waals surface area contributed by atoms with Gasteiger partial charge in [-0.2, -0.15) is 0 Å². The van der Waals surface area contributed by atoms with Crippen LogP contribution < -0.4 is 0 Å². The molecule has 3 nitrogen and oxygen atoms in total. The van der Waals surface area contributed by atoms with E-state index in [9.17, 15) is 13.6 Å². The van der Waals surface area contributed by atoms with Crippen molar-refractivity contribution in [3.8, 4) is 0 Å². The Balaban J connectivity index is 2.88.